The third-order valence-corrected chi connectivity index (χ3v) is 6.34. The van der Waals surface area contributed by atoms with Crippen molar-refractivity contribution in [2.24, 2.45) is 0 Å². The maximum atomic E-state index is 12.9. The van der Waals surface area contributed by atoms with E-state index in [9.17, 15) is 8.42 Å². The van der Waals surface area contributed by atoms with E-state index in [0.717, 1.165) is 5.56 Å². The highest BCUT2D eigenvalue weighted by Gasteiger charge is 2.24. The zero-order valence-corrected chi connectivity index (χ0v) is 18.3. The first-order valence-electron chi connectivity index (χ1n) is 8.64. The van der Waals surface area contributed by atoms with Crippen LogP contribution in [0, 0.1) is 0 Å². The predicted octanol–water partition coefficient (Wildman–Crippen LogP) is 6.27. The number of hydrogen-bond acceptors (Lipinski definition) is 4. The number of halogens is 3. The number of hydrogen-bond donors (Lipinski definition) is 0. The van der Waals surface area contributed by atoms with Crippen LogP contribution >= 0.6 is 34.8 Å². The molecule has 0 spiro atoms. The molecule has 30 heavy (non-hydrogen) atoms. The van der Waals surface area contributed by atoms with E-state index in [4.69, 9.17) is 39.0 Å². The Hall–Kier alpha value is -2.51. The van der Waals surface area contributed by atoms with E-state index >= 15 is 0 Å². The largest absolute Gasteiger partial charge is 0.358 e. The van der Waals surface area contributed by atoms with Gasteiger partial charge >= 0.3 is 10.1 Å². The lowest BCUT2D eigenvalue weighted by molar-refractivity contribution is 0.465. The Labute approximate surface area is 188 Å². The second-order valence-corrected chi connectivity index (χ2v) is 9.03. The van der Waals surface area contributed by atoms with Gasteiger partial charge < -0.3 is 4.18 Å². The summed E-state index contributed by atoms with van der Waals surface area (Å²) in [4.78, 5) is -0.239. The summed E-state index contributed by atoms with van der Waals surface area (Å²) in [6, 6.07) is 21.8. The van der Waals surface area contributed by atoms with E-state index in [-0.39, 0.29) is 20.8 Å². The van der Waals surface area contributed by atoms with Gasteiger partial charge in [0, 0.05) is 21.7 Å². The molecule has 0 aliphatic carbocycles. The summed E-state index contributed by atoms with van der Waals surface area (Å²) >= 11 is 18.1. The highest BCUT2D eigenvalue weighted by Crippen LogP contribution is 2.32. The molecule has 3 aromatic carbocycles. The molecule has 152 valence electrons. The van der Waals surface area contributed by atoms with Gasteiger partial charge in [-0.3, -0.25) is 0 Å². The van der Waals surface area contributed by atoms with Gasteiger partial charge in [0.2, 0.25) is 5.88 Å². The summed E-state index contributed by atoms with van der Waals surface area (Å²) in [5.41, 5.74) is 1.85. The van der Waals surface area contributed by atoms with Gasteiger partial charge in [0.15, 0.2) is 0 Å². The molecule has 0 saturated carbocycles. The average molecular weight is 480 g/mol. The lowest BCUT2D eigenvalue weighted by Gasteiger charge is -2.10. The Morgan fingerprint density at radius 3 is 2.27 bits per heavy atom. The first kappa shape index (κ1) is 20.8. The number of rotatable bonds is 5. The van der Waals surface area contributed by atoms with Crippen LogP contribution in [-0.4, -0.2) is 18.2 Å². The van der Waals surface area contributed by atoms with Crippen molar-refractivity contribution < 1.29 is 12.6 Å². The standard InChI is InChI=1S/C21H13Cl3N2O3S/c22-15-7-4-8-17(11-15)26-21(13-19(25-26)14-5-2-1-3-6-14)29-30(27,28)20-12-16(23)9-10-18(20)24/h1-13H. The van der Waals surface area contributed by atoms with Gasteiger partial charge in [-0.1, -0.05) is 71.2 Å². The van der Waals surface area contributed by atoms with Crippen LogP contribution in [-0.2, 0) is 10.1 Å². The van der Waals surface area contributed by atoms with Crippen LogP contribution < -0.4 is 4.18 Å². The van der Waals surface area contributed by atoms with Gasteiger partial charge in [-0.15, -0.1) is 0 Å². The molecule has 4 rings (SSSR count). The molecular formula is C21H13Cl3N2O3S. The second-order valence-electron chi connectivity index (χ2n) is 6.24. The third kappa shape index (κ3) is 4.32. The molecule has 0 aliphatic heterocycles. The van der Waals surface area contributed by atoms with Crippen LogP contribution in [0.25, 0.3) is 16.9 Å². The summed E-state index contributed by atoms with van der Waals surface area (Å²) in [5, 5.41) is 5.20. The van der Waals surface area contributed by atoms with Crippen molar-refractivity contribution in [3.05, 3.63) is 93.9 Å². The van der Waals surface area contributed by atoms with Crippen LogP contribution in [0.3, 0.4) is 0 Å². The molecule has 5 nitrogen and oxygen atoms in total. The molecule has 0 saturated heterocycles. The van der Waals surface area contributed by atoms with Crippen molar-refractivity contribution in [3.8, 4) is 22.8 Å². The van der Waals surface area contributed by atoms with E-state index in [1.54, 1.807) is 24.3 Å². The minimum absolute atomic E-state index is 0.00324. The summed E-state index contributed by atoms with van der Waals surface area (Å²) in [7, 11) is -4.29. The first-order valence-corrected chi connectivity index (χ1v) is 11.2. The molecule has 0 N–H and O–H groups in total. The van der Waals surface area contributed by atoms with Crippen LogP contribution in [0.1, 0.15) is 0 Å². The molecule has 1 heterocycles. The zero-order valence-electron chi connectivity index (χ0n) is 15.2. The quantitative estimate of drug-likeness (QED) is 0.317. The molecule has 0 bridgehead atoms. The lowest BCUT2D eigenvalue weighted by Crippen LogP contribution is -2.13. The normalized spacial score (nSPS) is 11.4. The molecule has 9 heteroatoms. The third-order valence-electron chi connectivity index (χ3n) is 4.16. The smallest absolute Gasteiger partial charge is 0.342 e. The van der Waals surface area contributed by atoms with Gasteiger partial charge in [0.05, 0.1) is 16.4 Å². The maximum absolute atomic E-state index is 12.9. The molecule has 0 unspecified atom stereocenters. The molecule has 0 amide bonds. The molecule has 0 radical (unpaired) electrons. The van der Waals surface area contributed by atoms with Crippen molar-refractivity contribution >= 4 is 44.9 Å². The Balaban J connectivity index is 1.84. The molecular weight excluding hydrogens is 467 g/mol. The fourth-order valence-corrected chi connectivity index (χ4v) is 4.63. The zero-order chi connectivity index (χ0) is 21.3. The maximum Gasteiger partial charge on any atom is 0.342 e. The van der Waals surface area contributed by atoms with E-state index in [0.29, 0.717) is 16.4 Å². The fraction of sp³-hybridized carbons (Fsp3) is 0. The summed E-state index contributed by atoms with van der Waals surface area (Å²) < 4.78 is 32.7. The molecule has 0 fully saturated rings. The SMILES string of the molecule is O=S(=O)(Oc1cc(-c2ccccc2)nn1-c1cccc(Cl)c1)c1cc(Cl)ccc1Cl. The summed E-state index contributed by atoms with van der Waals surface area (Å²) in [6.45, 7) is 0. The van der Waals surface area contributed by atoms with Crippen LogP contribution in [0.5, 0.6) is 5.88 Å². The topological polar surface area (TPSA) is 61.2 Å². The van der Waals surface area contributed by atoms with Gasteiger partial charge in [0.25, 0.3) is 0 Å². The van der Waals surface area contributed by atoms with Crippen molar-refractivity contribution in [1.29, 1.82) is 0 Å². The fourth-order valence-electron chi connectivity index (χ4n) is 2.79. The van der Waals surface area contributed by atoms with E-state index in [1.807, 2.05) is 30.3 Å². The van der Waals surface area contributed by atoms with Gasteiger partial charge in [-0.2, -0.15) is 18.2 Å². The van der Waals surface area contributed by atoms with Gasteiger partial charge in [0.1, 0.15) is 4.90 Å². The van der Waals surface area contributed by atoms with Crippen molar-refractivity contribution in [3.63, 3.8) is 0 Å². The van der Waals surface area contributed by atoms with Crippen LogP contribution in [0.4, 0.5) is 0 Å². The Kier molecular flexibility index (Phi) is 5.75. The summed E-state index contributed by atoms with van der Waals surface area (Å²) in [5.74, 6) is -0.0211. The van der Waals surface area contributed by atoms with Crippen LogP contribution in [0.15, 0.2) is 83.8 Å². The van der Waals surface area contributed by atoms with E-state index in [1.165, 1.54) is 28.9 Å². The van der Waals surface area contributed by atoms with Crippen molar-refractivity contribution in [1.82, 2.24) is 9.78 Å². The monoisotopic (exact) mass is 478 g/mol. The van der Waals surface area contributed by atoms with Crippen LogP contribution in [0.2, 0.25) is 15.1 Å². The predicted molar refractivity (Wildman–Crippen MR) is 118 cm³/mol. The Bertz CT molecular complexity index is 1320. The molecule has 0 aliphatic rings. The minimum atomic E-state index is -4.29. The number of aromatic nitrogens is 2. The van der Waals surface area contributed by atoms with Crippen molar-refractivity contribution in [2.75, 3.05) is 0 Å². The minimum Gasteiger partial charge on any atom is -0.358 e. The van der Waals surface area contributed by atoms with Crippen molar-refractivity contribution in [2.45, 2.75) is 4.90 Å². The highest BCUT2D eigenvalue weighted by molar-refractivity contribution is 7.87. The van der Waals surface area contributed by atoms with E-state index < -0.39 is 10.1 Å². The first-order chi connectivity index (χ1) is 14.3. The Morgan fingerprint density at radius 2 is 1.53 bits per heavy atom. The molecule has 0 atom stereocenters. The molecule has 4 aromatic rings. The highest BCUT2D eigenvalue weighted by atomic mass is 35.5. The summed E-state index contributed by atoms with van der Waals surface area (Å²) in [6.07, 6.45) is 0. The van der Waals surface area contributed by atoms with Gasteiger partial charge in [-0.05, 0) is 36.4 Å². The van der Waals surface area contributed by atoms with Gasteiger partial charge in [-0.25, -0.2) is 0 Å². The Morgan fingerprint density at radius 1 is 0.800 bits per heavy atom. The number of benzene rings is 3. The molecule has 1 aromatic heterocycles. The number of nitrogens with zero attached hydrogens (tertiary/aromatic N) is 2. The average Bonchev–Trinajstić information content (AvgIpc) is 3.13. The van der Waals surface area contributed by atoms with E-state index in [2.05, 4.69) is 5.10 Å². The lowest BCUT2D eigenvalue weighted by atomic mass is 10.2. The second kappa shape index (κ2) is 8.32.